The number of hydrogen-bond acceptors (Lipinski definition) is 6. The molecule has 0 saturated carbocycles. The van der Waals surface area contributed by atoms with Crippen molar-refractivity contribution >= 4 is 23.4 Å². The SMILES string of the molecule is Cc1cnc(=O)[nH]c1SCC(=O)Nc1ccc2c(c1)OCCO2. The summed E-state index contributed by atoms with van der Waals surface area (Å²) in [6.45, 7) is 2.85. The Bertz CT molecular complexity index is 791. The summed E-state index contributed by atoms with van der Waals surface area (Å²) in [5, 5.41) is 3.43. The first-order chi connectivity index (χ1) is 11.1. The molecule has 1 aliphatic heterocycles. The lowest BCUT2D eigenvalue weighted by Gasteiger charge is -2.19. The predicted molar refractivity (Wildman–Crippen MR) is 86.4 cm³/mol. The molecule has 1 aromatic heterocycles. The lowest BCUT2D eigenvalue weighted by molar-refractivity contribution is -0.113. The summed E-state index contributed by atoms with van der Waals surface area (Å²) in [4.78, 5) is 29.5. The van der Waals surface area contributed by atoms with E-state index in [9.17, 15) is 9.59 Å². The van der Waals surface area contributed by atoms with Crippen LogP contribution in [0.3, 0.4) is 0 Å². The Hall–Kier alpha value is -2.48. The summed E-state index contributed by atoms with van der Waals surface area (Å²) >= 11 is 1.25. The molecule has 0 unspecified atom stereocenters. The van der Waals surface area contributed by atoms with Crippen LogP contribution in [0.4, 0.5) is 5.69 Å². The molecule has 2 N–H and O–H groups in total. The minimum Gasteiger partial charge on any atom is -0.486 e. The van der Waals surface area contributed by atoms with Gasteiger partial charge in [0.2, 0.25) is 5.91 Å². The highest BCUT2D eigenvalue weighted by Crippen LogP contribution is 2.32. The van der Waals surface area contributed by atoms with Gasteiger partial charge in [0.1, 0.15) is 13.2 Å². The fraction of sp³-hybridized carbons (Fsp3) is 0.267. The maximum absolute atomic E-state index is 12.0. The maximum Gasteiger partial charge on any atom is 0.345 e. The third-order valence-electron chi connectivity index (χ3n) is 3.13. The second kappa shape index (κ2) is 6.74. The Balaban J connectivity index is 1.61. The van der Waals surface area contributed by atoms with E-state index in [1.807, 2.05) is 6.92 Å². The number of nitrogens with zero attached hydrogens (tertiary/aromatic N) is 1. The van der Waals surface area contributed by atoms with E-state index in [1.54, 1.807) is 18.2 Å². The van der Waals surface area contributed by atoms with Gasteiger partial charge in [0.05, 0.1) is 10.8 Å². The van der Waals surface area contributed by atoms with Gasteiger partial charge in [-0.05, 0) is 24.6 Å². The number of H-pyrrole nitrogens is 1. The zero-order valence-electron chi connectivity index (χ0n) is 12.4. The molecular weight excluding hydrogens is 318 g/mol. The van der Waals surface area contributed by atoms with Crippen LogP contribution < -0.4 is 20.5 Å². The van der Waals surface area contributed by atoms with Crippen molar-refractivity contribution in [1.29, 1.82) is 0 Å². The van der Waals surface area contributed by atoms with Gasteiger partial charge >= 0.3 is 5.69 Å². The fourth-order valence-corrected chi connectivity index (χ4v) is 2.84. The van der Waals surface area contributed by atoms with Crippen molar-refractivity contribution in [2.75, 3.05) is 24.3 Å². The minimum absolute atomic E-state index is 0.176. The zero-order valence-corrected chi connectivity index (χ0v) is 13.2. The van der Waals surface area contributed by atoms with Gasteiger partial charge in [0, 0.05) is 18.0 Å². The molecule has 2 heterocycles. The molecule has 0 spiro atoms. The molecule has 0 aliphatic carbocycles. The number of thioether (sulfide) groups is 1. The molecule has 8 heteroatoms. The third-order valence-corrected chi connectivity index (χ3v) is 4.25. The maximum atomic E-state index is 12.0. The van der Waals surface area contributed by atoms with Crippen molar-refractivity contribution in [3.05, 3.63) is 40.4 Å². The number of aromatic nitrogens is 2. The molecule has 7 nitrogen and oxygen atoms in total. The number of carbonyl (C=O) groups is 1. The normalized spacial score (nSPS) is 12.7. The van der Waals surface area contributed by atoms with Crippen LogP contribution in [-0.2, 0) is 4.79 Å². The van der Waals surface area contributed by atoms with Crippen LogP contribution in [0.25, 0.3) is 0 Å². The van der Waals surface area contributed by atoms with Gasteiger partial charge in [0.15, 0.2) is 11.5 Å². The van der Waals surface area contributed by atoms with Gasteiger partial charge in [-0.3, -0.25) is 4.79 Å². The van der Waals surface area contributed by atoms with Gasteiger partial charge in [-0.2, -0.15) is 0 Å². The predicted octanol–water partition coefficient (Wildman–Crippen LogP) is 1.58. The van der Waals surface area contributed by atoms with E-state index in [-0.39, 0.29) is 11.7 Å². The van der Waals surface area contributed by atoms with Crippen LogP contribution in [0, 0.1) is 6.92 Å². The number of fused-ring (bicyclic) bond motifs is 1. The van der Waals surface area contributed by atoms with Crippen molar-refractivity contribution in [3.63, 3.8) is 0 Å². The number of amides is 1. The van der Waals surface area contributed by atoms with Crippen molar-refractivity contribution in [3.8, 4) is 11.5 Å². The summed E-state index contributed by atoms with van der Waals surface area (Å²) in [6.07, 6.45) is 1.49. The van der Waals surface area contributed by atoms with E-state index in [1.165, 1.54) is 18.0 Å². The number of anilines is 1. The summed E-state index contributed by atoms with van der Waals surface area (Å²) in [5.74, 6) is 1.29. The highest BCUT2D eigenvalue weighted by atomic mass is 32.2. The first-order valence-corrected chi connectivity index (χ1v) is 7.98. The van der Waals surface area contributed by atoms with Crippen LogP contribution in [0.1, 0.15) is 5.56 Å². The first-order valence-electron chi connectivity index (χ1n) is 7.00. The smallest absolute Gasteiger partial charge is 0.345 e. The van der Waals surface area contributed by atoms with Gasteiger partial charge in [-0.25, -0.2) is 9.78 Å². The quantitative estimate of drug-likeness (QED) is 0.652. The molecule has 2 aromatic rings. The molecule has 0 atom stereocenters. The number of nitrogens with one attached hydrogen (secondary N) is 2. The van der Waals surface area contributed by atoms with Crippen molar-refractivity contribution < 1.29 is 14.3 Å². The third kappa shape index (κ3) is 3.84. The Morgan fingerprint density at radius 1 is 1.35 bits per heavy atom. The summed E-state index contributed by atoms with van der Waals surface area (Å²) in [5.41, 5.74) is 1.03. The second-order valence-electron chi connectivity index (χ2n) is 4.90. The van der Waals surface area contributed by atoms with Crippen molar-refractivity contribution in [2.24, 2.45) is 0 Å². The summed E-state index contributed by atoms with van der Waals surface area (Å²) < 4.78 is 10.9. The van der Waals surface area contributed by atoms with Gasteiger partial charge in [-0.15, -0.1) is 0 Å². The summed E-state index contributed by atoms with van der Waals surface area (Å²) in [6, 6.07) is 5.26. The van der Waals surface area contributed by atoms with E-state index >= 15 is 0 Å². The Kier molecular flexibility index (Phi) is 4.52. The van der Waals surface area contributed by atoms with E-state index in [0.717, 1.165) is 5.56 Å². The molecule has 120 valence electrons. The Morgan fingerprint density at radius 2 is 2.13 bits per heavy atom. The summed E-state index contributed by atoms with van der Waals surface area (Å²) in [7, 11) is 0. The average Bonchev–Trinajstić information content (AvgIpc) is 2.55. The topological polar surface area (TPSA) is 93.3 Å². The lowest BCUT2D eigenvalue weighted by Crippen LogP contribution is -2.17. The number of aromatic amines is 1. The molecule has 23 heavy (non-hydrogen) atoms. The Labute approximate surface area is 136 Å². The largest absolute Gasteiger partial charge is 0.486 e. The van der Waals surface area contributed by atoms with E-state index in [0.29, 0.717) is 35.4 Å². The molecule has 0 bridgehead atoms. The molecule has 0 radical (unpaired) electrons. The van der Waals surface area contributed by atoms with Crippen LogP contribution in [0.15, 0.2) is 34.2 Å². The molecule has 3 rings (SSSR count). The number of carbonyl (C=O) groups excluding carboxylic acids is 1. The minimum atomic E-state index is -0.426. The monoisotopic (exact) mass is 333 g/mol. The highest BCUT2D eigenvalue weighted by Gasteiger charge is 2.13. The van der Waals surface area contributed by atoms with Gasteiger partial charge in [-0.1, -0.05) is 11.8 Å². The number of benzene rings is 1. The fourth-order valence-electron chi connectivity index (χ4n) is 2.05. The van der Waals surface area contributed by atoms with Crippen LogP contribution >= 0.6 is 11.8 Å². The zero-order chi connectivity index (χ0) is 16.2. The molecule has 1 aliphatic rings. The molecular formula is C15H15N3O4S. The van der Waals surface area contributed by atoms with E-state index in [2.05, 4.69) is 15.3 Å². The number of ether oxygens (including phenoxy) is 2. The first kappa shape index (κ1) is 15.4. The van der Waals surface area contributed by atoms with Crippen LogP contribution in [-0.4, -0.2) is 34.8 Å². The number of hydrogen-bond donors (Lipinski definition) is 2. The number of rotatable bonds is 4. The molecule has 1 amide bonds. The Morgan fingerprint density at radius 3 is 2.96 bits per heavy atom. The standard InChI is InChI=1S/C15H15N3O4S/c1-9-7-16-15(20)18-14(9)23-8-13(19)17-10-2-3-11-12(6-10)22-5-4-21-11/h2-3,6-7H,4-5,8H2,1H3,(H,17,19)(H,16,18,20). The molecule has 0 fully saturated rings. The average molecular weight is 333 g/mol. The van der Waals surface area contributed by atoms with Crippen LogP contribution in [0.5, 0.6) is 11.5 Å². The van der Waals surface area contributed by atoms with E-state index in [4.69, 9.17) is 9.47 Å². The van der Waals surface area contributed by atoms with Gasteiger partial charge < -0.3 is 19.8 Å². The number of aryl methyl sites for hydroxylation is 1. The van der Waals surface area contributed by atoms with Gasteiger partial charge in [0.25, 0.3) is 0 Å². The lowest BCUT2D eigenvalue weighted by atomic mass is 10.2. The second-order valence-corrected chi connectivity index (χ2v) is 5.88. The van der Waals surface area contributed by atoms with Crippen molar-refractivity contribution in [1.82, 2.24) is 9.97 Å². The molecule has 1 aromatic carbocycles. The highest BCUT2D eigenvalue weighted by molar-refractivity contribution is 8.00. The van der Waals surface area contributed by atoms with Crippen LogP contribution in [0.2, 0.25) is 0 Å². The van der Waals surface area contributed by atoms with E-state index < -0.39 is 5.69 Å². The van der Waals surface area contributed by atoms with Crippen molar-refractivity contribution in [2.45, 2.75) is 11.9 Å². The molecule has 0 saturated heterocycles.